The maximum Gasteiger partial charge on any atom is 0.209 e. The highest BCUT2D eigenvalue weighted by Crippen LogP contribution is 2.27. The van der Waals surface area contributed by atoms with Crippen molar-refractivity contribution in [3.05, 3.63) is 63.9 Å². The number of ether oxygens (including phenoxy) is 1. The third kappa shape index (κ3) is 3.61. The van der Waals surface area contributed by atoms with Crippen LogP contribution in [0.3, 0.4) is 0 Å². The first-order valence-electron chi connectivity index (χ1n) is 6.64. The summed E-state index contributed by atoms with van der Waals surface area (Å²) >= 11 is 4.94. The normalized spacial score (nSPS) is 11.0. The molecule has 1 heterocycles. The lowest BCUT2D eigenvalue weighted by atomic mass is 10.2. The highest BCUT2D eigenvalue weighted by atomic mass is 79.9. The van der Waals surface area contributed by atoms with Crippen LogP contribution < -0.4 is 4.74 Å². The Bertz CT molecular complexity index is 779. The van der Waals surface area contributed by atoms with Gasteiger partial charge in [-0.25, -0.2) is 9.98 Å². The summed E-state index contributed by atoms with van der Waals surface area (Å²) in [7, 11) is 1.66. The van der Waals surface area contributed by atoms with E-state index in [-0.39, 0.29) is 0 Å². The van der Waals surface area contributed by atoms with E-state index in [9.17, 15) is 0 Å². The summed E-state index contributed by atoms with van der Waals surface area (Å²) in [5.74, 6) is 0.840. The second-order valence-electron chi connectivity index (χ2n) is 4.55. The van der Waals surface area contributed by atoms with Crippen LogP contribution in [0.15, 0.2) is 63.4 Å². The first kappa shape index (κ1) is 14.9. The summed E-state index contributed by atoms with van der Waals surface area (Å²) in [6.07, 6.45) is 1.82. The van der Waals surface area contributed by atoms with Gasteiger partial charge in [-0.3, -0.25) is 0 Å². The van der Waals surface area contributed by atoms with Crippen molar-refractivity contribution in [1.82, 2.24) is 4.98 Å². The van der Waals surface area contributed by atoms with Gasteiger partial charge in [-0.2, -0.15) is 0 Å². The summed E-state index contributed by atoms with van der Waals surface area (Å²) in [5.41, 5.74) is 3.03. The third-order valence-electron chi connectivity index (χ3n) is 3.07. The number of methoxy groups -OCH3 is 1. The number of hydrogen-bond acceptors (Lipinski definition) is 4. The van der Waals surface area contributed by atoms with Crippen molar-refractivity contribution in [1.29, 1.82) is 0 Å². The first-order valence-corrected chi connectivity index (χ1v) is 8.31. The van der Waals surface area contributed by atoms with E-state index in [1.54, 1.807) is 7.11 Å². The average Bonchev–Trinajstić information content (AvgIpc) is 3.03. The lowest BCUT2D eigenvalue weighted by Crippen LogP contribution is -1.82. The van der Waals surface area contributed by atoms with Gasteiger partial charge in [-0.05, 0) is 42.0 Å². The Balaban J connectivity index is 1.76. The molecule has 0 aliphatic heterocycles. The Morgan fingerprint density at radius 1 is 1.09 bits per heavy atom. The molecule has 3 nitrogen and oxygen atoms in total. The number of aliphatic imine (C=N–C) groups is 1. The number of benzene rings is 2. The molecule has 110 valence electrons. The van der Waals surface area contributed by atoms with E-state index in [4.69, 9.17) is 4.74 Å². The number of halogens is 1. The summed E-state index contributed by atoms with van der Waals surface area (Å²) < 4.78 is 6.22. The van der Waals surface area contributed by atoms with Crippen LogP contribution in [0, 0.1) is 0 Å². The maximum absolute atomic E-state index is 5.16. The van der Waals surface area contributed by atoms with E-state index in [2.05, 4.69) is 25.9 Å². The van der Waals surface area contributed by atoms with Gasteiger partial charge in [0.2, 0.25) is 5.13 Å². The minimum absolute atomic E-state index is 0.744. The number of nitrogens with zero attached hydrogens (tertiary/aromatic N) is 2. The number of thiazole rings is 1. The van der Waals surface area contributed by atoms with Gasteiger partial charge >= 0.3 is 0 Å². The third-order valence-corrected chi connectivity index (χ3v) is 4.35. The largest absolute Gasteiger partial charge is 0.497 e. The molecule has 0 aliphatic carbocycles. The zero-order valence-corrected chi connectivity index (χ0v) is 14.3. The van der Waals surface area contributed by atoms with E-state index in [0.717, 1.165) is 32.2 Å². The zero-order chi connectivity index (χ0) is 15.4. The molecular formula is C17H13BrN2OS. The molecule has 0 radical (unpaired) electrons. The Morgan fingerprint density at radius 3 is 2.50 bits per heavy atom. The van der Waals surface area contributed by atoms with Crippen LogP contribution in [0.5, 0.6) is 5.75 Å². The van der Waals surface area contributed by atoms with Gasteiger partial charge in [-0.1, -0.05) is 28.1 Å². The fourth-order valence-electron chi connectivity index (χ4n) is 1.90. The number of rotatable bonds is 4. The van der Waals surface area contributed by atoms with Crippen LogP contribution >= 0.6 is 27.3 Å². The van der Waals surface area contributed by atoms with Crippen molar-refractivity contribution in [2.45, 2.75) is 0 Å². The predicted molar refractivity (Wildman–Crippen MR) is 95.5 cm³/mol. The van der Waals surface area contributed by atoms with Crippen LogP contribution in [0.25, 0.3) is 11.3 Å². The van der Waals surface area contributed by atoms with Gasteiger partial charge in [0.15, 0.2) is 0 Å². The molecule has 3 rings (SSSR count). The summed E-state index contributed by atoms with van der Waals surface area (Å²) in [4.78, 5) is 8.97. The average molecular weight is 373 g/mol. The van der Waals surface area contributed by atoms with E-state index < -0.39 is 0 Å². The molecule has 0 amide bonds. The standard InChI is InChI=1S/C17H13BrN2OS/c1-21-15-8-4-13(5-9-15)16-11-22-17(20-16)19-10-12-2-6-14(18)7-3-12/h2-11H,1H3. The molecule has 0 spiro atoms. The minimum atomic E-state index is 0.744. The van der Waals surface area contributed by atoms with Gasteiger partial charge in [0, 0.05) is 21.6 Å². The van der Waals surface area contributed by atoms with E-state index in [1.807, 2.05) is 60.1 Å². The molecule has 1 aromatic heterocycles. The molecule has 5 heteroatoms. The lowest BCUT2D eigenvalue weighted by Gasteiger charge is -2.00. The smallest absolute Gasteiger partial charge is 0.209 e. The Labute approximate surface area is 141 Å². The maximum atomic E-state index is 5.16. The monoisotopic (exact) mass is 372 g/mol. The van der Waals surface area contributed by atoms with Gasteiger partial charge in [0.05, 0.1) is 12.8 Å². The summed E-state index contributed by atoms with van der Waals surface area (Å²) in [5, 5.41) is 2.75. The molecule has 0 saturated carbocycles. The minimum Gasteiger partial charge on any atom is -0.497 e. The molecule has 0 N–H and O–H groups in total. The molecule has 2 aromatic carbocycles. The van der Waals surface area contributed by atoms with Crippen molar-refractivity contribution in [3.8, 4) is 17.0 Å². The lowest BCUT2D eigenvalue weighted by molar-refractivity contribution is 0.415. The van der Waals surface area contributed by atoms with Crippen LogP contribution in [0.2, 0.25) is 0 Å². The predicted octanol–water partition coefficient (Wildman–Crippen LogP) is 5.33. The molecule has 0 atom stereocenters. The number of hydrogen-bond donors (Lipinski definition) is 0. The topological polar surface area (TPSA) is 34.5 Å². The van der Waals surface area contributed by atoms with Crippen LogP contribution in [0.1, 0.15) is 5.56 Å². The van der Waals surface area contributed by atoms with E-state index >= 15 is 0 Å². The Hall–Kier alpha value is -1.98. The summed E-state index contributed by atoms with van der Waals surface area (Å²) in [6, 6.07) is 15.8. The van der Waals surface area contributed by atoms with Crippen molar-refractivity contribution in [2.75, 3.05) is 7.11 Å². The van der Waals surface area contributed by atoms with Crippen LogP contribution in [0.4, 0.5) is 5.13 Å². The highest BCUT2D eigenvalue weighted by molar-refractivity contribution is 9.10. The van der Waals surface area contributed by atoms with Gasteiger partial charge < -0.3 is 4.74 Å². The van der Waals surface area contributed by atoms with Crippen molar-refractivity contribution >= 4 is 38.6 Å². The summed E-state index contributed by atoms with van der Waals surface area (Å²) in [6.45, 7) is 0. The van der Waals surface area contributed by atoms with Crippen LogP contribution in [-0.2, 0) is 0 Å². The second-order valence-corrected chi connectivity index (χ2v) is 6.31. The Morgan fingerprint density at radius 2 is 1.82 bits per heavy atom. The highest BCUT2D eigenvalue weighted by Gasteiger charge is 2.03. The first-order chi connectivity index (χ1) is 10.7. The molecule has 0 bridgehead atoms. The molecule has 22 heavy (non-hydrogen) atoms. The van der Waals surface area contributed by atoms with Crippen molar-refractivity contribution < 1.29 is 4.74 Å². The van der Waals surface area contributed by atoms with Crippen LogP contribution in [-0.4, -0.2) is 18.3 Å². The molecule has 0 unspecified atom stereocenters. The Kier molecular flexibility index (Phi) is 4.65. The quantitative estimate of drug-likeness (QED) is 0.579. The molecule has 0 aliphatic rings. The molecule has 0 fully saturated rings. The van der Waals surface area contributed by atoms with Crippen molar-refractivity contribution in [2.24, 2.45) is 4.99 Å². The van der Waals surface area contributed by atoms with E-state index in [0.29, 0.717) is 0 Å². The fraction of sp³-hybridized carbons (Fsp3) is 0.0588. The molecule has 3 aromatic rings. The van der Waals surface area contributed by atoms with Gasteiger partial charge in [0.1, 0.15) is 5.75 Å². The number of aromatic nitrogens is 1. The fourth-order valence-corrected chi connectivity index (χ4v) is 2.83. The zero-order valence-electron chi connectivity index (χ0n) is 11.9. The van der Waals surface area contributed by atoms with Gasteiger partial charge in [-0.15, -0.1) is 11.3 Å². The molecule has 0 saturated heterocycles. The second kappa shape index (κ2) is 6.85. The SMILES string of the molecule is COc1ccc(-c2csc(N=Cc3ccc(Br)cc3)n2)cc1. The van der Waals surface area contributed by atoms with Gasteiger partial charge in [0.25, 0.3) is 0 Å². The van der Waals surface area contributed by atoms with E-state index in [1.165, 1.54) is 11.3 Å². The molecular weight excluding hydrogens is 360 g/mol. The van der Waals surface area contributed by atoms with Crippen molar-refractivity contribution in [3.63, 3.8) is 0 Å².